The van der Waals surface area contributed by atoms with E-state index in [1.807, 2.05) is 0 Å². The van der Waals surface area contributed by atoms with Crippen molar-refractivity contribution in [1.82, 2.24) is 13.6 Å². The number of nitrogens with zero attached hydrogens (tertiary/aromatic N) is 3. The average molecular weight is 339 g/mol. The average Bonchev–Trinajstić information content (AvgIpc) is 3.24. The summed E-state index contributed by atoms with van der Waals surface area (Å²) in [5, 5.41) is 6.34. The molecule has 2 aromatic rings. The third kappa shape index (κ3) is 4.08. The zero-order valence-electron chi connectivity index (χ0n) is 12.5. The molecule has 6 nitrogen and oxygen atoms in total. The number of nitrogen functional groups attached to an aromatic ring is 1. The Kier molecular flexibility index (Phi) is 5.47. The fourth-order valence-electron chi connectivity index (χ4n) is 2.51. The van der Waals surface area contributed by atoms with Crippen LogP contribution >= 0.6 is 23.1 Å². The van der Waals surface area contributed by atoms with Crippen LogP contribution in [0, 0.1) is 0 Å². The van der Waals surface area contributed by atoms with E-state index >= 15 is 0 Å². The van der Waals surface area contributed by atoms with Gasteiger partial charge in [-0.15, -0.1) is 11.3 Å². The normalized spacial score (nSPS) is 15.3. The van der Waals surface area contributed by atoms with Crippen LogP contribution in [0.4, 0.5) is 11.6 Å². The number of hydrogen-bond donors (Lipinski definition) is 2. The first kappa shape index (κ1) is 15.5. The molecule has 0 radical (unpaired) electrons. The van der Waals surface area contributed by atoms with Crippen molar-refractivity contribution in [3.05, 3.63) is 17.0 Å². The van der Waals surface area contributed by atoms with Gasteiger partial charge >= 0.3 is 0 Å². The molecule has 3 rings (SSSR count). The number of anilines is 2. The standard InChI is InChI=1S/C14H21N5OS2/c15-12-13(18-22-17-12)16-5-3-8-20-14-11(4-9-21-14)10-19-6-1-2-7-19/h4,9H,1-3,5-8,10H2,(H2,15,17)(H,16,18). The molecule has 0 atom stereocenters. The summed E-state index contributed by atoms with van der Waals surface area (Å²) in [6.45, 7) is 4.91. The second-order valence-electron chi connectivity index (χ2n) is 5.34. The fraction of sp³-hybridized carbons (Fsp3) is 0.571. The molecule has 0 unspecified atom stereocenters. The van der Waals surface area contributed by atoms with Gasteiger partial charge in [0.05, 0.1) is 18.3 Å². The van der Waals surface area contributed by atoms with Gasteiger partial charge in [-0.1, -0.05) is 0 Å². The third-order valence-corrected chi connectivity index (χ3v) is 5.07. The topological polar surface area (TPSA) is 76.3 Å². The van der Waals surface area contributed by atoms with Crippen molar-refractivity contribution in [1.29, 1.82) is 0 Å². The minimum absolute atomic E-state index is 0.470. The van der Waals surface area contributed by atoms with Gasteiger partial charge in [0.1, 0.15) is 0 Å². The van der Waals surface area contributed by atoms with Crippen molar-refractivity contribution in [2.45, 2.75) is 25.8 Å². The Hall–Kier alpha value is -1.38. The molecule has 0 amide bonds. The number of likely N-dealkylation sites (tertiary alicyclic amines) is 1. The predicted molar refractivity (Wildman–Crippen MR) is 91.8 cm³/mol. The first-order valence-corrected chi connectivity index (χ1v) is 9.17. The van der Waals surface area contributed by atoms with Crippen LogP contribution in [0.1, 0.15) is 24.8 Å². The fourth-order valence-corrected chi connectivity index (χ4v) is 3.76. The van der Waals surface area contributed by atoms with E-state index in [0.29, 0.717) is 18.2 Å². The van der Waals surface area contributed by atoms with Gasteiger partial charge in [0.2, 0.25) is 0 Å². The van der Waals surface area contributed by atoms with Gasteiger partial charge in [-0.25, -0.2) is 0 Å². The lowest BCUT2D eigenvalue weighted by atomic mass is 10.3. The largest absolute Gasteiger partial charge is 0.484 e. The minimum atomic E-state index is 0.470. The van der Waals surface area contributed by atoms with Crippen LogP contribution < -0.4 is 15.8 Å². The van der Waals surface area contributed by atoms with E-state index in [0.717, 1.165) is 36.3 Å². The number of thiophene rings is 1. The minimum Gasteiger partial charge on any atom is -0.484 e. The van der Waals surface area contributed by atoms with Crippen molar-refractivity contribution in [2.75, 3.05) is 37.3 Å². The molecule has 0 aliphatic carbocycles. The highest BCUT2D eigenvalue weighted by Crippen LogP contribution is 2.28. The highest BCUT2D eigenvalue weighted by molar-refractivity contribution is 7.12. The molecule has 120 valence electrons. The molecule has 0 aromatic carbocycles. The van der Waals surface area contributed by atoms with Gasteiger partial charge < -0.3 is 15.8 Å². The molecule has 22 heavy (non-hydrogen) atoms. The maximum atomic E-state index is 5.92. The van der Waals surface area contributed by atoms with E-state index in [-0.39, 0.29) is 0 Å². The molecule has 2 aromatic heterocycles. The van der Waals surface area contributed by atoms with Crippen LogP contribution in [0.25, 0.3) is 0 Å². The van der Waals surface area contributed by atoms with Gasteiger partial charge in [0.15, 0.2) is 16.7 Å². The summed E-state index contributed by atoms with van der Waals surface area (Å²) in [6.07, 6.45) is 3.54. The van der Waals surface area contributed by atoms with Crippen LogP contribution in [0.2, 0.25) is 0 Å². The zero-order chi connectivity index (χ0) is 15.2. The highest BCUT2D eigenvalue weighted by Gasteiger charge is 2.15. The summed E-state index contributed by atoms with van der Waals surface area (Å²) in [4.78, 5) is 2.49. The first-order chi connectivity index (χ1) is 10.8. The number of nitrogens with two attached hydrogens (primary N) is 1. The van der Waals surface area contributed by atoms with Gasteiger partial charge in [-0.3, -0.25) is 4.90 Å². The Morgan fingerprint density at radius 1 is 1.32 bits per heavy atom. The monoisotopic (exact) mass is 339 g/mol. The van der Waals surface area contributed by atoms with Crippen LogP contribution in [-0.2, 0) is 6.54 Å². The molecule has 1 saturated heterocycles. The van der Waals surface area contributed by atoms with E-state index < -0.39 is 0 Å². The predicted octanol–water partition coefficient (Wildman–Crippen LogP) is 2.66. The molecule has 3 heterocycles. The van der Waals surface area contributed by atoms with Gasteiger partial charge in [0.25, 0.3) is 0 Å². The Morgan fingerprint density at radius 2 is 2.18 bits per heavy atom. The lowest BCUT2D eigenvalue weighted by molar-refractivity contribution is 0.299. The summed E-state index contributed by atoms with van der Waals surface area (Å²) in [7, 11) is 0. The van der Waals surface area contributed by atoms with E-state index in [2.05, 4.69) is 30.4 Å². The van der Waals surface area contributed by atoms with E-state index in [1.165, 1.54) is 31.5 Å². The lowest BCUT2D eigenvalue weighted by Crippen LogP contribution is -2.18. The Morgan fingerprint density at radius 3 is 2.95 bits per heavy atom. The summed E-state index contributed by atoms with van der Waals surface area (Å²) < 4.78 is 13.9. The first-order valence-electron chi connectivity index (χ1n) is 7.56. The molecular formula is C14H21N5OS2. The van der Waals surface area contributed by atoms with Crippen molar-refractivity contribution in [2.24, 2.45) is 0 Å². The molecule has 1 fully saturated rings. The number of rotatable bonds is 8. The summed E-state index contributed by atoms with van der Waals surface area (Å²) in [5.74, 6) is 1.15. The molecule has 1 aliphatic rings. The van der Waals surface area contributed by atoms with Crippen molar-refractivity contribution in [3.8, 4) is 5.06 Å². The third-order valence-electron chi connectivity index (χ3n) is 3.66. The second kappa shape index (κ2) is 7.75. The van der Waals surface area contributed by atoms with Crippen LogP contribution in [0.5, 0.6) is 5.06 Å². The second-order valence-corrected chi connectivity index (χ2v) is 6.75. The van der Waals surface area contributed by atoms with Crippen molar-refractivity contribution < 1.29 is 4.74 Å². The Bertz CT molecular complexity index is 579. The number of aromatic nitrogens is 2. The summed E-state index contributed by atoms with van der Waals surface area (Å²) >= 11 is 2.80. The van der Waals surface area contributed by atoms with Crippen molar-refractivity contribution >= 4 is 34.7 Å². The van der Waals surface area contributed by atoms with Crippen LogP contribution in [0.3, 0.4) is 0 Å². The molecule has 0 saturated carbocycles. The Labute approximate surface area is 138 Å². The number of hydrogen-bond acceptors (Lipinski definition) is 8. The summed E-state index contributed by atoms with van der Waals surface area (Å²) in [6, 6.07) is 2.18. The maximum absolute atomic E-state index is 5.92. The highest BCUT2D eigenvalue weighted by atomic mass is 32.1. The quantitative estimate of drug-likeness (QED) is 0.720. The zero-order valence-corrected chi connectivity index (χ0v) is 14.1. The van der Waals surface area contributed by atoms with Gasteiger partial charge in [-0.05, 0) is 43.8 Å². The van der Waals surface area contributed by atoms with Crippen molar-refractivity contribution in [3.63, 3.8) is 0 Å². The number of ether oxygens (including phenoxy) is 1. The van der Waals surface area contributed by atoms with E-state index in [4.69, 9.17) is 10.5 Å². The molecule has 0 bridgehead atoms. The smallest absolute Gasteiger partial charge is 0.184 e. The molecule has 1 aliphatic heterocycles. The molecule has 3 N–H and O–H groups in total. The van der Waals surface area contributed by atoms with Crippen LogP contribution in [-0.4, -0.2) is 39.9 Å². The van der Waals surface area contributed by atoms with E-state index in [1.54, 1.807) is 11.3 Å². The lowest BCUT2D eigenvalue weighted by Gasteiger charge is -2.15. The summed E-state index contributed by atoms with van der Waals surface area (Å²) in [5.41, 5.74) is 6.98. The SMILES string of the molecule is Nc1nsnc1NCCCOc1sccc1CN1CCCC1. The molecular weight excluding hydrogens is 318 g/mol. The Balaban J connectivity index is 1.38. The number of nitrogens with one attached hydrogen (secondary N) is 1. The maximum Gasteiger partial charge on any atom is 0.184 e. The van der Waals surface area contributed by atoms with Gasteiger partial charge in [-0.2, -0.15) is 8.75 Å². The van der Waals surface area contributed by atoms with Gasteiger partial charge in [0, 0.05) is 18.7 Å². The van der Waals surface area contributed by atoms with E-state index in [9.17, 15) is 0 Å². The van der Waals surface area contributed by atoms with Crippen LogP contribution in [0.15, 0.2) is 11.4 Å². The molecule has 8 heteroatoms. The molecule has 0 spiro atoms.